The van der Waals surface area contributed by atoms with E-state index in [0.29, 0.717) is 39.3 Å². The highest BCUT2D eigenvalue weighted by atomic mass is 32.2. The van der Waals surface area contributed by atoms with Gasteiger partial charge >= 0.3 is 0 Å². The first-order chi connectivity index (χ1) is 15.2. The van der Waals surface area contributed by atoms with Gasteiger partial charge in [0.2, 0.25) is 11.7 Å². The Bertz CT molecular complexity index is 1430. The minimum absolute atomic E-state index is 0.165. The quantitative estimate of drug-likeness (QED) is 0.303. The fourth-order valence-corrected chi connectivity index (χ4v) is 4.04. The van der Waals surface area contributed by atoms with Crippen molar-refractivity contribution in [2.45, 2.75) is 17.8 Å². The van der Waals surface area contributed by atoms with Gasteiger partial charge in [-0.1, -0.05) is 59.4 Å². The van der Waals surface area contributed by atoms with Crippen LogP contribution in [0.2, 0.25) is 0 Å². The van der Waals surface area contributed by atoms with E-state index in [1.54, 1.807) is 12.3 Å². The van der Waals surface area contributed by atoms with Crippen molar-refractivity contribution in [1.82, 2.24) is 24.7 Å². The van der Waals surface area contributed by atoms with E-state index in [4.69, 9.17) is 9.51 Å². The van der Waals surface area contributed by atoms with Gasteiger partial charge in [0.05, 0.1) is 16.7 Å². The van der Waals surface area contributed by atoms with Crippen LogP contribution in [0.15, 0.2) is 87.4 Å². The van der Waals surface area contributed by atoms with Gasteiger partial charge in [0.1, 0.15) is 5.82 Å². The number of hydrogen-bond acceptors (Lipinski definition) is 7. The molecule has 2 aromatic carbocycles. The molecule has 5 aromatic rings. The molecule has 0 saturated heterocycles. The molecule has 0 amide bonds. The first-order valence-corrected chi connectivity index (χ1v) is 10.6. The lowest BCUT2D eigenvalue weighted by molar-refractivity contribution is 0.391. The van der Waals surface area contributed by atoms with Gasteiger partial charge < -0.3 is 4.52 Å². The van der Waals surface area contributed by atoms with Gasteiger partial charge in [0, 0.05) is 11.8 Å². The third-order valence-corrected chi connectivity index (χ3v) is 5.62. The van der Waals surface area contributed by atoms with Crippen molar-refractivity contribution in [3.8, 4) is 17.2 Å². The number of thioether (sulfide) groups is 1. The topological polar surface area (TPSA) is 86.7 Å². The zero-order valence-corrected chi connectivity index (χ0v) is 17.4. The van der Waals surface area contributed by atoms with E-state index in [-0.39, 0.29) is 5.56 Å². The number of pyridine rings is 1. The third-order valence-electron chi connectivity index (χ3n) is 4.70. The minimum Gasteiger partial charge on any atom is -0.338 e. The second-order valence-corrected chi connectivity index (χ2v) is 7.85. The Morgan fingerprint density at radius 2 is 1.81 bits per heavy atom. The summed E-state index contributed by atoms with van der Waals surface area (Å²) in [5, 5.41) is 5.11. The van der Waals surface area contributed by atoms with E-state index in [0.717, 1.165) is 11.1 Å². The molecular weight excluding hydrogens is 410 g/mol. The molecule has 0 spiro atoms. The Morgan fingerprint density at radius 1 is 1.00 bits per heavy atom. The molecule has 0 N–H and O–H groups in total. The van der Waals surface area contributed by atoms with Crippen LogP contribution in [0.25, 0.3) is 28.1 Å². The monoisotopic (exact) mass is 427 g/mol. The van der Waals surface area contributed by atoms with E-state index in [9.17, 15) is 4.79 Å². The van der Waals surface area contributed by atoms with Crippen molar-refractivity contribution < 1.29 is 4.52 Å². The summed E-state index contributed by atoms with van der Waals surface area (Å²) in [4.78, 5) is 26.9. The van der Waals surface area contributed by atoms with Gasteiger partial charge in [-0.05, 0) is 36.8 Å². The molecule has 0 atom stereocenters. The molecule has 0 saturated carbocycles. The van der Waals surface area contributed by atoms with E-state index >= 15 is 0 Å². The van der Waals surface area contributed by atoms with Crippen LogP contribution in [-0.4, -0.2) is 24.7 Å². The number of aryl methyl sites for hydroxylation is 1. The maximum absolute atomic E-state index is 13.3. The average Bonchev–Trinajstić information content (AvgIpc) is 3.27. The second kappa shape index (κ2) is 8.16. The number of para-hydroxylation sites is 1. The number of benzene rings is 2. The Balaban J connectivity index is 1.53. The first-order valence-electron chi connectivity index (χ1n) is 9.65. The molecule has 8 heteroatoms. The fraction of sp³-hybridized carbons (Fsp3) is 0.0870. The summed E-state index contributed by atoms with van der Waals surface area (Å²) < 4.78 is 6.95. The summed E-state index contributed by atoms with van der Waals surface area (Å²) in [6.07, 6.45) is 1.69. The van der Waals surface area contributed by atoms with Gasteiger partial charge in [0.25, 0.3) is 5.56 Å². The largest absolute Gasteiger partial charge is 0.338 e. The number of fused-ring (bicyclic) bond motifs is 1. The summed E-state index contributed by atoms with van der Waals surface area (Å²) in [6, 6.07) is 20.7. The average molecular weight is 427 g/mol. The van der Waals surface area contributed by atoms with E-state index in [1.807, 2.05) is 67.6 Å². The van der Waals surface area contributed by atoms with E-state index in [1.165, 1.54) is 16.3 Å². The maximum Gasteiger partial charge on any atom is 0.267 e. The first kappa shape index (κ1) is 19.2. The molecule has 0 bridgehead atoms. The van der Waals surface area contributed by atoms with Gasteiger partial charge in [0.15, 0.2) is 5.16 Å². The van der Waals surface area contributed by atoms with Crippen LogP contribution in [0.3, 0.4) is 0 Å². The van der Waals surface area contributed by atoms with Gasteiger partial charge in [-0.25, -0.2) is 14.5 Å². The summed E-state index contributed by atoms with van der Waals surface area (Å²) in [5.74, 6) is 1.88. The van der Waals surface area contributed by atoms with Crippen molar-refractivity contribution in [1.29, 1.82) is 0 Å². The van der Waals surface area contributed by atoms with Gasteiger partial charge in [-0.15, -0.1) is 0 Å². The molecule has 152 valence electrons. The van der Waals surface area contributed by atoms with Crippen LogP contribution in [0.1, 0.15) is 11.5 Å². The maximum atomic E-state index is 13.3. The molecule has 0 unspecified atom stereocenters. The molecule has 3 aromatic heterocycles. The molecule has 31 heavy (non-hydrogen) atoms. The van der Waals surface area contributed by atoms with Crippen molar-refractivity contribution in [2.75, 3.05) is 0 Å². The second-order valence-electron chi connectivity index (χ2n) is 6.91. The lowest BCUT2D eigenvalue weighted by Gasteiger charge is -2.12. The molecule has 5 rings (SSSR count). The highest BCUT2D eigenvalue weighted by Gasteiger charge is 2.16. The van der Waals surface area contributed by atoms with Crippen molar-refractivity contribution in [3.63, 3.8) is 0 Å². The van der Waals surface area contributed by atoms with Crippen LogP contribution in [-0.2, 0) is 5.75 Å². The van der Waals surface area contributed by atoms with Crippen LogP contribution < -0.4 is 5.56 Å². The van der Waals surface area contributed by atoms with E-state index < -0.39 is 0 Å². The summed E-state index contributed by atoms with van der Waals surface area (Å²) in [6.45, 7) is 1.96. The summed E-state index contributed by atoms with van der Waals surface area (Å²) in [7, 11) is 0. The highest BCUT2D eigenvalue weighted by Crippen LogP contribution is 2.25. The summed E-state index contributed by atoms with van der Waals surface area (Å²) >= 11 is 1.35. The Labute approximate surface area is 181 Å². The molecule has 7 nitrogen and oxygen atoms in total. The third kappa shape index (κ3) is 3.85. The Hall–Kier alpha value is -3.78. The lowest BCUT2D eigenvalue weighted by Crippen LogP contribution is -2.22. The number of nitrogens with zero attached hydrogens (tertiary/aromatic N) is 5. The molecule has 3 heterocycles. The van der Waals surface area contributed by atoms with Gasteiger partial charge in [-0.3, -0.25) is 4.79 Å². The predicted molar refractivity (Wildman–Crippen MR) is 119 cm³/mol. The molecule has 0 aliphatic heterocycles. The van der Waals surface area contributed by atoms with E-state index in [2.05, 4.69) is 15.1 Å². The minimum atomic E-state index is -0.165. The van der Waals surface area contributed by atoms with Crippen molar-refractivity contribution >= 4 is 22.7 Å². The zero-order chi connectivity index (χ0) is 21.2. The zero-order valence-electron chi connectivity index (χ0n) is 16.6. The predicted octanol–water partition coefficient (Wildman–Crippen LogP) is 4.43. The normalized spacial score (nSPS) is 11.1. The highest BCUT2D eigenvalue weighted by molar-refractivity contribution is 7.98. The Morgan fingerprint density at radius 3 is 2.65 bits per heavy atom. The summed E-state index contributed by atoms with van der Waals surface area (Å²) in [5.41, 5.74) is 2.36. The smallest absolute Gasteiger partial charge is 0.267 e. The fourth-order valence-electron chi connectivity index (χ4n) is 3.20. The molecule has 0 fully saturated rings. The lowest BCUT2D eigenvalue weighted by atomic mass is 10.2. The van der Waals surface area contributed by atoms with Crippen molar-refractivity contribution in [2.24, 2.45) is 0 Å². The van der Waals surface area contributed by atoms with Crippen molar-refractivity contribution in [3.05, 3.63) is 94.7 Å². The number of rotatable bonds is 5. The van der Waals surface area contributed by atoms with Crippen LogP contribution in [0.4, 0.5) is 0 Å². The van der Waals surface area contributed by atoms with Crippen LogP contribution >= 0.6 is 11.8 Å². The van der Waals surface area contributed by atoms with Crippen LogP contribution in [0, 0.1) is 6.92 Å². The van der Waals surface area contributed by atoms with Gasteiger partial charge in [-0.2, -0.15) is 4.98 Å². The molecule has 0 aliphatic carbocycles. The molecule has 0 radical (unpaired) electrons. The number of hydrogen-bond donors (Lipinski definition) is 0. The van der Waals surface area contributed by atoms with Crippen LogP contribution in [0.5, 0.6) is 0 Å². The SMILES string of the molecule is Cc1ccnc(-n2c(SCc3nc(-c4ccccc4)no3)nc3ccccc3c2=O)c1. The molecule has 0 aliphatic rings. The Kier molecular flexibility index (Phi) is 5.05. The number of aromatic nitrogens is 5. The standard InChI is InChI=1S/C23H17N5O2S/c1-15-11-12-24-19(13-15)28-22(29)17-9-5-6-10-18(17)25-23(28)31-14-20-26-21(27-30-20)16-7-3-2-4-8-16/h2-13H,14H2,1H3. The molecular formula is C23H17N5O2S.